The molecule has 1 aromatic heterocycles. The fraction of sp³-hybridized carbons (Fsp3) is 0.333. The first-order valence-electron chi connectivity index (χ1n) is 9.17. The van der Waals surface area contributed by atoms with Gasteiger partial charge < -0.3 is 11.1 Å². The molecule has 27 heavy (non-hydrogen) atoms. The number of hydrogen-bond donors (Lipinski definition) is 2. The summed E-state index contributed by atoms with van der Waals surface area (Å²) in [5.41, 5.74) is 7.87. The molecular formula is C21H23ClN2O2S. The van der Waals surface area contributed by atoms with Crippen LogP contribution >= 0.6 is 22.9 Å². The van der Waals surface area contributed by atoms with E-state index in [-0.39, 0.29) is 5.91 Å². The SMILES string of the molecule is CCCC1CCc2c(sc(NC(=O)/C=C/c3ccccc3Cl)c2C(N)=O)C1. The number of carbonyl (C=O) groups is 2. The number of nitrogens with one attached hydrogen (secondary N) is 1. The molecule has 0 radical (unpaired) electrons. The van der Waals surface area contributed by atoms with Crippen LogP contribution in [0.4, 0.5) is 5.00 Å². The van der Waals surface area contributed by atoms with Gasteiger partial charge in [-0.15, -0.1) is 11.3 Å². The van der Waals surface area contributed by atoms with E-state index in [1.54, 1.807) is 12.1 Å². The van der Waals surface area contributed by atoms with Gasteiger partial charge in [0.1, 0.15) is 5.00 Å². The van der Waals surface area contributed by atoms with Crippen molar-refractivity contribution < 1.29 is 9.59 Å². The van der Waals surface area contributed by atoms with Crippen molar-refractivity contribution in [2.45, 2.75) is 39.0 Å². The number of fused-ring (bicyclic) bond motifs is 1. The van der Waals surface area contributed by atoms with Crippen molar-refractivity contribution in [1.82, 2.24) is 0 Å². The zero-order valence-electron chi connectivity index (χ0n) is 15.3. The zero-order valence-corrected chi connectivity index (χ0v) is 16.8. The van der Waals surface area contributed by atoms with Crippen LogP contribution in [0.1, 0.15) is 52.5 Å². The van der Waals surface area contributed by atoms with Gasteiger partial charge in [-0.1, -0.05) is 49.6 Å². The van der Waals surface area contributed by atoms with E-state index in [9.17, 15) is 9.59 Å². The molecule has 3 rings (SSSR count). The van der Waals surface area contributed by atoms with Gasteiger partial charge in [-0.3, -0.25) is 9.59 Å². The molecule has 0 bridgehead atoms. The van der Waals surface area contributed by atoms with Crippen LogP contribution in [-0.2, 0) is 17.6 Å². The maximum absolute atomic E-state index is 12.4. The van der Waals surface area contributed by atoms with E-state index < -0.39 is 5.91 Å². The Hall–Kier alpha value is -2.11. The van der Waals surface area contributed by atoms with E-state index in [0.29, 0.717) is 21.5 Å². The lowest BCUT2D eigenvalue weighted by Gasteiger charge is -2.21. The molecule has 3 N–H and O–H groups in total. The van der Waals surface area contributed by atoms with Crippen LogP contribution in [0, 0.1) is 5.92 Å². The lowest BCUT2D eigenvalue weighted by molar-refractivity contribution is -0.111. The molecule has 0 saturated carbocycles. The lowest BCUT2D eigenvalue weighted by atomic mass is 9.84. The number of thiophene rings is 1. The zero-order chi connectivity index (χ0) is 19.4. The minimum absolute atomic E-state index is 0.305. The number of benzene rings is 1. The highest BCUT2D eigenvalue weighted by Crippen LogP contribution is 2.40. The molecule has 4 nitrogen and oxygen atoms in total. The van der Waals surface area contributed by atoms with Crippen LogP contribution < -0.4 is 11.1 Å². The molecule has 1 aliphatic carbocycles. The van der Waals surface area contributed by atoms with Gasteiger partial charge >= 0.3 is 0 Å². The van der Waals surface area contributed by atoms with E-state index in [4.69, 9.17) is 17.3 Å². The standard InChI is InChI=1S/C21H23ClN2O2S/c1-2-5-13-8-10-15-17(12-13)27-21(19(15)20(23)26)24-18(25)11-9-14-6-3-4-7-16(14)22/h3-4,6-7,9,11,13H,2,5,8,10,12H2,1H3,(H2,23,26)(H,24,25)/b11-9+. The molecule has 0 spiro atoms. The Bertz CT molecular complexity index is 888. The summed E-state index contributed by atoms with van der Waals surface area (Å²) in [6.45, 7) is 2.19. The van der Waals surface area contributed by atoms with Crippen LogP contribution in [0.25, 0.3) is 6.08 Å². The maximum Gasteiger partial charge on any atom is 0.251 e. The van der Waals surface area contributed by atoms with Crippen LogP contribution in [-0.4, -0.2) is 11.8 Å². The van der Waals surface area contributed by atoms with Crippen LogP contribution in [0.15, 0.2) is 30.3 Å². The monoisotopic (exact) mass is 402 g/mol. The largest absolute Gasteiger partial charge is 0.365 e. The minimum atomic E-state index is -0.480. The van der Waals surface area contributed by atoms with Crippen LogP contribution in [0.2, 0.25) is 5.02 Å². The van der Waals surface area contributed by atoms with Gasteiger partial charge in [0.15, 0.2) is 0 Å². The predicted molar refractivity (Wildman–Crippen MR) is 112 cm³/mol. The first kappa shape index (κ1) is 19.6. The van der Waals surface area contributed by atoms with Crippen LogP contribution in [0.3, 0.4) is 0 Å². The summed E-state index contributed by atoms with van der Waals surface area (Å²) in [6, 6.07) is 7.29. The predicted octanol–water partition coefficient (Wildman–Crippen LogP) is 5.06. The van der Waals surface area contributed by atoms with E-state index >= 15 is 0 Å². The molecule has 0 fully saturated rings. The summed E-state index contributed by atoms with van der Waals surface area (Å²) < 4.78 is 0. The van der Waals surface area contributed by atoms with Crippen molar-refractivity contribution in [1.29, 1.82) is 0 Å². The Morgan fingerprint density at radius 1 is 1.37 bits per heavy atom. The van der Waals surface area contributed by atoms with Gasteiger partial charge in [-0.05, 0) is 48.4 Å². The van der Waals surface area contributed by atoms with Gasteiger partial charge in [0.25, 0.3) is 5.91 Å². The van der Waals surface area contributed by atoms with Crippen molar-refractivity contribution in [2.24, 2.45) is 11.7 Å². The lowest BCUT2D eigenvalue weighted by Crippen LogP contribution is -2.19. The smallest absolute Gasteiger partial charge is 0.251 e. The fourth-order valence-electron chi connectivity index (χ4n) is 3.59. The van der Waals surface area contributed by atoms with E-state index in [1.165, 1.54) is 28.7 Å². The highest BCUT2D eigenvalue weighted by molar-refractivity contribution is 7.17. The highest BCUT2D eigenvalue weighted by Gasteiger charge is 2.28. The molecule has 2 aromatic rings. The molecule has 0 saturated heterocycles. The van der Waals surface area contributed by atoms with Gasteiger partial charge in [0.2, 0.25) is 5.91 Å². The number of primary amides is 1. The third kappa shape index (κ3) is 4.60. The molecular weight excluding hydrogens is 380 g/mol. The van der Waals surface area contributed by atoms with Crippen molar-refractivity contribution in [3.05, 3.63) is 56.9 Å². The Kier molecular flexibility index (Phi) is 6.34. The quantitative estimate of drug-likeness (QED) is 0.663. The van der Waals surface area contributed by atoms with Gasteiger partial charge in [0.05, 0.1) is 5.56 Å². The second kappa shape index (κ2) is 8.72. The number of amides is 2. The maximum atomic E-state index is 12.4. The van der Waals surface area contributed by atoms with Gasteiger partial charge in [-0.25, -0.2) is 0 Å². The first-order valence-corrected chi connectivity index (χ1v) is 10.4. The van der Waals surface area contributed by atoms with E-state index in [2.05, 4.69) is 12.2 Å². The number of hydrogen-bond acceptors (Lipinski definition) is 3. The molecule has 1 aromatic carbocycles. The van der Waals surface area contributed by atoms with Gasteiger partial charge in [-0.2, -0.15) is 0 Å². The molecule has 142 valence electrons. The summed E-state index contributed by atoms with van der Waals surface area (Å²) >= 11 is 7.58. The van der Waals surface area contributed by atoms with Crippen molar-refractivity contribution in [3.8, 4) is 0 Å². The number of nitrogens with two attached hydrogens (primary N) is 1. The normalized spacial score (nSPS) is 16.3. The minimum Gasteiger partial charge on any atom is -0.365 e. The number of halogens is 1. The third-order valence-corrected chi connectivity index (χ3v) is 6.38. The topological polar surface area (TPSA) is 72.2 Å². The van der Waals surface area contributed by atoms with Gasteiger partial charge in [0, 0.05) is 16.0 Å². The summed E-state index contributed by atoms with van der Waals surface area (Å²) in [5.74, 6) is -0.140. The molecule has 6 heteroatoms. The molecule has 0 aliphatic heterocycles. The van der Waals surface area contributed by atoms with Crippen molar-refractivity contribution in [3.63, 3.8) is 0 Å². The van der Waals surface area contributed by atoms with Crippen molar-refractivity contribution >= 4 is 45.8 Å². The number of carbonyl (C=O) groups excluding carboxylic acids is 2. The summed E-state index contributed by atoms with van der Waals surface area (Å²) in [7, 11) is 0. The fourth-order valence-corrected chi connectivity index (χ4v) is 5.16. The Labute approximate surface area is 168 Å². The third-order valence-electron chi connectivity index (χ3n) is 4.87. The highest BCUT2D eigenvalue weighted by atomic mass is 35.5. The van der Waals surface area contributed by atoms with Crippen molar-refractivity contribution in [2.75, 3.05) is 5.32 Å². The summed E-state index contributed by atoms with van der Waals surface area (Å²) in [6.07, 6.45) is 8.30. The molecule has 1 aliphatic rings. The first-order chi connectivity index (χ1) is 13.0. The Balaban J connectivity index is 1.79. The molecule has 1 heterocycles. The number of anilines is 1. The molecule has 1 unspecified atom stereocenters. The summed E-state index contributed by atoms with van der Waals surface area (Å²) in [5, 5.41) is 3.97. The van der Waals surface area contributed by atoms with E-state index in [0.717, 1.165) is 36.8 Å². The second-order valence-corrected chi connectivity index (χ2v) is 8.33. The van der Waals surface area contributed by atoms with Crippen LogP contribution in [0.5, 0.6) is 0 Å². The molecule has 2 amide bonds. The molecule has 1 atom stereocenters. The average molecular weight is 403 g/mol. The Morgan fingerprint density at radius 2 is 2.15 bits per heavy atom. The van der Waals surface area contributed by atoms with E-state index in [1.807, 2.05) is 18.2 Å². The summed E-state index contributed by atoms with van der Waals surface area (Å²) in [4.78, 5) is 25.6. The Morgan fingerprint density at radius 3 is 2.85 bits per heavy atom. The average Bonchev–Trinajstić information content (AvgIpc) is 2.98. The second-order valence-electron chi connectivity index (χ2n) is 6.81. The number of rotatable bonds is 6.